The summed E-state index contributed by atoms with van der Waals surface area (Å²) in [6.45, 7) is 13.2. The monoisotopic (exact) mass is 378 g/mol. The largest absolute Gasteiger partial charge is 0.465 e. The topological polar surface area (TPSA) is 52.6 Å². The van der Waals surface area contributed by atoms with Gasteiger partial charge >= 0.3 is 11.9 Å². The molecule has 27 heavy (non-hydrogen) atoms. The summed E-state index contributed by atoms with van der Waals surface area (Å²) in [6, 6.07) is 0. The van der Waals surface area contributed by atoms with Crippen LogP contribution in [0.15, 0.2) is 12.2 Å². The van der Waals surface area contributed by atoms with Gasteiger partial charge in [0.2, 0.25) is 0 Å². The predicted octanol–water partition coefficient (Wildman–Crippen LogP) is 5.16. The maximum atomic E-state index is 13.6. The van der Waals surface area contributed by atoms with E-state index in [0.29, 0.717) is 13.2 Å². The lowest BCUT2D eigenvalue weighted by Gasteiger charge is -2.52. The van der Waals surface area contributed by atoms with Gasteiger partial charge in [0.15, 0.2) is 0 Å². The van der Waals surface area contributed by atoms with Crippen LogP contribution in [0.5, 0.6) is 0 Å². The first-order valence-electron chi connectivity index (χ1n) is 10.8. The van der Waals surface area contributed by atoms with Crippen molar-refractivity contribution in [1.29, 1.82) is 0 Å². The number of allylic oxidation sites excluding steroid dienone is 2. The predicted molar refractivity (Wildman–Crippen MR) is 107 cm³/mol. The third-order valence-corrected chi connectivity index (χ3v) is 6.90. The van der Waals surface area contributed by atoms with Crippen LogP contribution in [-0.4, -0.2) is 25.2 Å². The number of carbonyl (C=O) groups is 2. The smallest absolute Gasteiger partial charge is 0.314 e. The van der Waals surface area contributed by atoms with Crippen molar-refractivity contribution in [2.45, 2.75) is 73.6 Å². The maximum absolute atomic E-state index is 13.6. The fraction of sp³-hybridized carbons (Fsp3) is 0.826. The Bertz CT molecular complexity index is 517. The van der Waals surface area contributed by atoms with Crippen LogP contribution < -0.4 is 0 Å². The number of hydrogen-bond acceptors (Lipinski definition) is 4. The van der Waals surface area contributed by atoms with Gasteiger partial charge in [0.05, 0.1) is 24.0 Å². The molecular weight excluding hydrogens is 340 g/mol. The lowest BCUT2D eigenvalue weighted by atomic mass is 9.49. The minimum atomic E-state index is -0.850. The molecule has 0 aliphatic heterocycles. The second-order valence-electron chi connectivity index (χ2n) is 8.86. The van der Waals surface area contributed by atoms with Crippen LogP contribution in [0.25, 0.3) is 0 Å². The highest BCUT2D eigenvalue weighted by Crippen LogP contribution is 2.70. The van der Waals surface area contributed by atoms with Gasteiger partial charge in [-0.3, -0.25) is 9.59 Å². The molecule has 4 heteroatoms. The van der Waals surface area contributed by atoms with Gasteiger partial charge in [0.1, 0.15) is 0 Å². The fourth-order valence-corrected chi connectivity index (χ4v) is 5.77. The number of fused-ring (bicyclic) bond motifs is 2. The number of rotatable bonds is 10. The van der Waals surface area contributed by atoms with E-state index < -0.39 is 10.8 Å². The Labute approximate surface area is 165 Å². The van der Waals surface area contributed by atoms with E-state index in [1.54, 1.807) is 0 Å². The van der Waals surface area contributed by atoms with E-state index in [1.807, 2.05) is 0 Å². The molecule has 154 valence electrons. The molecule has 0 radical (unpaired) electrons. The summed E-state index contributed by atoms with van der Waals surface area (Å²) in [6.07, 6.45) is 8.77. The van der Waals surface area contributed by atoms with Crippen molar-refractivity contribution in [1.82, 2.24) is 0 Å². The highest BCUT2D eigenvalue weighted by atomic mass is 16.5. The van der Waals surface area contributed by atoms with Crippen LogP contribution in [0.4, 0.5) is 0 Å². The van der Waals surface area contributed by atoms with Crippen LogP contribution in [-0.2, 0) is 19.1 Å². The number of unbranched alkanes of at least 4 members (excludes halogenated alkanes) is 2. The summed E-state index contributed by atoms with van der Waals surface area (Å²) in [5, 5.41) is 0. The average Bonchev–Trinajstić information content (AvgIpc) is 3.20. The summed E-state index contributed by atoms with van der Waals surface area (Å²) >= 11 is 0. The van der Waals surface area contributed by atoms with Gasteiger partial charge in [-0.2, -0.15) is 0 Å². The van der Waals surface area contributed by atoms with Gasteiger partial charge in [-0.05, 0) is 42.9 Å². The molecule has 0 spiro atoms. The number of ether oxygens (including phenoxy) is 2. The van der Waals surface area contributed by atoms with Gasteiger partial charge in [0.25, 0.3) is 0 Å². The van der Waals surface area contributed by atoms with Gasteiger partial charge in [-0.1, -0.05) is 66.5 Å². The Hall–Kier alpha value is -1.32. The highest BCUT2D eigenvalue weighted by Gasteiger charge is 2.76. The molecule has 1 fully saturated rings. The first kappa shape index (κ1) is 22.0. The maximum Gasteiger partial charge on any atom is 0.314 e. The summed E-state index contributed by atoms with van der Waals surface area (Å²) in [4.78, 5) is 27.1. The summed E-state index contributed by atoms with van der Waals surface area (Å²) in [7, 11) is 0. The number of esters is 2. The molecule has 0 N–H and O–H groups in total. The zero-order valence-corrected chi connectivity index (χ0v) is 18.0. The third kappa shape index (κ3) is 3.23. The summed E-state index contributed by atoms with van der Waals surface area (Å²) in [5.41, 5.74) is -1.70. The van der Waals surface area contributed by atoms with Crippen LogP contribution >= 0.6 is 0 Å². The fourth-order valence-electron chi connectivity index (χ4n) is 5.77. The molecule has 4 unspecified atom stereocenters. The Kier molecular flexibility index (Phi) is 7.15. The molecule has 0 aromatic heterocycles. The molecule has 0 aromatic carbocycles. The SMILES string of the molecule is CCCCOC(=O)C1(C(C)C)C2C=CC(C2)C1(C(=O)OCCCC)C(C)C. The van der Waals surface area contributed by atoms with Crippen molar-refractivity contribution in [2.75, 3.05) is 13.2 Å². The highest BCUT2D eigenvalue weighted by molar-refractivity contribution is 5.91. The lowest BCUT2D eigenvalue weighted by Crippen LogP contribution is -2.61. The molecule has 0 saturated heterocycles. The van der Waals surface area contributed by atoms with Crippen molar-refractivity contribution in [3.8, 4) is 0 Å². The molecule has 2 bridgehead atoms. The van der Waals surface area contributed by atoms with Gasteiger partial charge in [-0.25, -0.2) is 0 Å². The van der Waals surface area contributed by atoms with Crippen molar-refractivity contribution < 1.29 is 19.1 Å². The molecule has 0 amide bonds. The molecule has 0 heterocycles. The lowest BCUT2D eigenvalue weighted by molar-refractivity contribution is -0.195. The van der Waals surface area contributed by atoms with E-state index in [9.17, 15) is 9.59 Å². The van der Waals surface area contributed by atoms with Crippen LogP contribution in [0.3, 0.4) is 0 Å². The molecule has 1 saturated carbocycles. The Morgan fingerprint density at radius 2 is 1.22 bits per heavy atom. The zero-order chi connectivity index (χ0) is 20.2. The van der Waals surface area contributed by atoms with Crippen molar-refractivity contribution >= 4 is 11.9 Å². The van der Waals surface area contributed by atoms with E-state index >= 15 is 0 Å². The first-order valence-corrected chi connectivity index (χ1v) is 10.8. The quantitative estimate of drug-likeness (QED) is 0.299. The zero-order valence-electron chi connectivity index (χ0n) is 18.0. The summed E-state index contributed by atoms with van der Waals surface area (Å²) < 4.78 is 11.6. The molecular formula is C23H38O4. The van der Waals surface area contributed by atoms with E-state index in [4.69, 9.17) is 9.47 Å². The normalized spacial score (nSPS) is 31.7. The Balaban J connectivity index is 2.51. The first-order chi connectivity index (χ1) is 12.8. The third-order valence-electron chi connectivity index (χ3n) is 6.90. The Morgan fingerprint density at radius 3 is 1.52 bits per heavy atom. The van der Waals surface area contributed by atoms with Crippen molar-refractivity contribution in [3.05, 3.63) is 12.2 Å². The average molecular weight is 379 g/mol. The van der Waals surface area contributed by atoms with E-state index in [-0.39, 0.29) is 35.6 Å². The Morgan fingerprint density at radius 1 is 0.852 bits per heavy atom. The standard InChI is InChI=1S/C23H38O4/c1-7-9-13-26-20(24)22(16(3)4)18-11-12-19(15-18)23(22,17(5)6)21(25)27-14-10-8-2/h11-12,16-19H,7-10,13-15H2,1-6H3. The van der Waals surface area contributed by atoms with E-state index in [1.165, 1.54) is 0 Å². The van der Waals surface area contributed by atoms with Gasteiger partial charge < -0.3 is 9.47 Å². The van der Waals surface area contributed by atoms with Gasteiger partial charge in [0, 0.05) is 0 Å². The molecule has 4 nitrogen and oxygen atoms in total. The minimum Gasteiger partial charge on any atom is -0.465 e. The minimum absolute atomic E-state index is 0.00676. The second-order valence-corrected chi connectivity index (χ2v) is 8.86. The van der Waals surface area contributed by atoms with Gasteiger partial charge in [-0.15, -0.1) is 0 Å². The van der Waals surface area contributed by atoms with E-state index in [2.05, 4.69) is 53.7 Å². The van der Waals surface area contributed by atoms with E-state index in [0.717, 1.165) is 32.1 Å². The van der Waals surface area contributed by atoms with Crippen LogP contribution in [0, 0.1) is 34.5 Å². The second kappa shape index (κ2) is 8.79. The molecule has 2 aliphatic carbocycles. The number of carbonyl (C=O) groups excluding carboxylic acids is 2. The van der Waals surface area contributed by atoms with Crippen LogP contribution in [0.2, 0.25) is 0 Å². The number of hydrogen-bond donors (Lipinski definition) is 0. The molecule has 4 atom stereocenters. The molecule has 0 aromatic rings. The molecule has 2 rings (SSSR count). The summed E-state index contributed by atoms with van der Waals surface area (Å²) in [5.74, 6) is -0.344. The molecule has 2 aliphatic rings. The van der Waals surface area contributed by atoms with Crippen molar-refractivity contribution in [3.63, 3.8) is 0 Å². The van der Waals surface area contributed by atoms with Crippen molar-refractivity contribution in [2.24, 2.45) is 34.5 Å². The van der Waals surface area contributed by atoms with Crippen LogP contribution in [0.1, 0.15) is 73.6 Å².